The van der Waals surface area contributed by atoms with Gasteiger partial charge in [-0.3, -0.25) is 0 Å². The summed E-state index contributed by atoms with van der Waals surface area (Å²) in [6, 6.07) is 12.1. The molecule has 0 saturated carbocycles. The molecule has 0 aliphatic rings. The van der Waals surface area contributed by atoms with Crippen molar-refractivity contribution in [2.75, 3.05) is 10.6 Å². The second-order valence-corrected chi connectivity index (χ2v) is 7.27. The SMILES string of the molecule is Cc1cc(Nc2nccc(C(F)(F)F)n2)cc(-c2ccc(NC(C)(C)C#N)nc2)c1. The molecule has 2 aromatic heterocycles. The van der Waals surface area contributed by atoms with Gasteiger partial charge in [-0.2, -0.15) is 18.4 Å². The predicted octanol–water partition coefficient (Wildman–Crippen LogP) is 5.32. The van der Waals surface area contributed by atoms with Crippen molar-refractivity contribution in [1.82, 2.24) is 15.0 Å². The molecule has 9 heteroatoms. The van der Waals surface area contributed by atoms with E-state index in [1.54, 1.807) is 38.2 Å². The monoisotopic (exact) mass is 412 g/mol. The second kappa shape index (κ2) is 7.99. The molecule has 0 unspecified atom stereocenters. The Hall–Kier alpha value is -3.67. The van der Waals surface area contributed by atoms with Crippen molar-refractivity contribution in [3.05, 3.63) is 60.0 Å². The number of hydrogen-bond acceptors (Lipinski definition) is 6. The number of alkyl halides is 3. The molecule has 0 bridgehead atoms. The van der Waals surface area contributed by atoms with E-state index in [0.717, 1.165) is 29.0 Å². The number of halogens is 3. The molecule has 0 aliphatic heterocycles. The normalized spacial score (nSPS) is 11.6. The van der Waals surface area contributed by atoms with E-state index in [2.05, 4.69) is 31.7 Å². The largest absolute Gasteiger partial charge is 0.433 e. The maximum absolute atomic E-state index is 12.9. The van der Waals surface area contributed by atoms with Crippen LogP contribution >= 0.6 is 0 Å². The summed E-state index contributed by atoms with van der Waals surface area (Å²) in [5, 5.41) is 15.0. The number of rotatable bonds is 5. The highest BCUT2D eigenvalue weighted by Gasteiger charge is 2.32. The average molecular weight is 412 g/mol. The molecule has 2 heterocycles. The average Bonchev–Trinajstić information content (AvgIpc) is 2.67. The van der Waals surface area contributed by atoms with Crippen molar-refractivity contribution in [2.45, 2.75) is 32.5 Å². The van der Waals surface area contributed by atoms with Gasteiger partial charge in [0, 0.05) is 23.6 Å². The molecule has 0 aliphatic carbocycles. The maximum Gasteiger partial charge on any atom is 0.433 e. The first-order chi connectivity index (χ1) is 14.1. The van der Waals surface area contributed by atoms with Gasteiger partial charge in [0.05, 0.1) is 6.07 Å². The molecule has 30 heavy (non-hydrogen) atoms. The molecule has 3 rings (SSSR count). The van der Waals surface area contributed by atoms with Crippen LogP contribution in [0.3, 0.4) is 0 Å². The van der Waals surface area contributed by atoms with Crippen LogP contribution in [-0.4, -0.2) is 20.5 Å². The van der Waals surface area contributed by atoms with Crippen molar-refractivity contribution < 1.29 is 13.2 Å². The Kier molecular flexibility index (Phi) is 5.60. The highest BCUT2D eigenvalue weighted by atomic mass is 19.4. The third-order valence-electron chi connectivity index (χ3n) is 4.10. The van der Waals surface area contributed by atoms with E-state index in [-0.39, 0.29) is 5.95 Å². The summed E-state index contributed by atoms with van der Waals surface area (Å²) >= 11 is 0. The lowest BCUT2D eigenvalue weighted by Crippen LogP contribution is -2.28. The van der Waals surface area contributed by atoms with Crippen molar-refractivity contribution in [1.29, 1.82) is 5.26 Å². The van der Waals surface area contributed by atoms with Crippen LogP contribution in [0.25, 0.3) is 11.1 Å². The van der Waals surface area contributed by atoms with Gasteiger partial charge in [-0.1, -0.05) is 6.07 Å². The van der Waals surface area contributed by atoms with Crippen LogP contribution < -0.4 is 10.6 Å². The van der Waals surface area contributed by atoms with E-state index >= 15 is 0 Å². The summed E-state index contributed by atoms with van der Waals surface area (Å²) in [5.74, 6) is 0.423. The lowest BCUT2D eigenvalue weighted by atomic mass is 10.0. The highest BCUT2D eigenvalue weighted by Crippen LogP contribution is 2.29. The maximum atomic E-state index is 12.9. The Morgan fingerprint density at radius 1 is 1.00 bits per heavy atom. The number of aryl methyl sites for hydroxylation is 1. The molecule has 0 fully saturated rings. The number of benzene rings is 1. The van der Waals surface area contributed by atoms with Gasteiger partial charge in [-0.15, -0.1) is 0 Å². The van der Waals surface area contributed by atoms with Crippen LogP contribution in [0.4, 0.5) is 30.6 Å². The van der Waals surface area contributed by atoms with Crippen LogP contribution in [-0.2, 0) is 6.18 Å². The fourth-order valence-electron chi connectivity index (χ4n) is 2.71. The lowest BCUT2D eigenvalue weighted by Gasteiger charge is -2.18. The topological polar surface area (TPSA) is 86.5 Å². The summed E-state index contributed by atoms with van der Waals surface area (Å²) in [7, 11) is 0. The van der Waals surface area contributed by atoms with Gasteiger partial charge in [0.15, 0.2) is 0 Å². The van der Waals surface area contributed by atoms with Crippen molar-refractivity contribution in [3.8, 4) is 17.2 Å². The van der Waals surface area contributed by atoms with Crippen LogP contribution in [0.2, 0.25) is 0 Å². The molecular formula is C21H19F3N6. The third-order valence-corrected chi connectivity index (χ3v) is 4.10. The smallest absolute Gasteiger partial charge is 0.353 e. The summed E-state index contributed by atoms with van der Waals surface area (Å²) in [4.78, 5) is 11.7. The number of aromatic nitrogens is 3. The molecule has 3 aromatic rings. The number of nitrogens with zero attached hydrogens (tertiary/aromatic N) is 4. The third kappa shape index (κ3) is 5.23. The summed E-state index contributed by atoms with van der Waals surface area (Å²) < 4.78 is 38.6. The van der Waals surface area contributed by atoms with Gasteiger partial charge in [-0.05, 0) is 62.2 Å². The zero-order chi connectivity index (χ0) is 21.9. The summed E-state index contributed by atoms with van der Waals surface area (Å²) in [6.07, 6.45) is -1.82. The fourth-order valence-corrected chi connectivity index (χ4v) is 2.71. The zero-order valence-corrected chi connectivity index (χ0v) is 16.5. The van der Waals surface area contributed by atoms with E-state index in [9.17, 15) is 13.2 Å². The summed E-state index contributed by atoms with van der Waals surface area (Å²) in [6.45, 7) is 5.37. The first-order valence-electron chi connectivity index (χ1n) is 9.00. The van der Waals surface area contributed by atoms with E-state index in [4.69, 9.17) is 5.26 Å². The molecule has 0 saturated heterocycles. The molecule has 1 aromatic carbocycles. The van der Waals surface area contributed by atoms with Gasteiger partial charge in [0.1, 0.15) is 17.1 Å². The first-order valence-corrected chi connectivity index (χ1v) is 9.00. The van der Waals surface area contributed by atoms with E-state index < -0.39 is 17.4 Å². The Bertz CT molecular complexity index is 1090. The molecule has 0 spiro atoms. The Balaban J connectivity index is 1.85. The van der Waals surface area contributed by atoms with E-state index in [0.29, 0.717) is 11.5 Å². The number of anilines is 3. The molecule has 154 valence electrons. The quantitative estimate of drug-likeness (QED) is 0.590. The predicted molar refractivity (Wildman–Crippen MR) is 108 cm³/mol. The van der Waals surface area contributed by atoms with E-state index in [1.807, 2.05) is 19.1 Å². The Morgan fingerprint density at radius 2 is 1.77 bits per heavy atom. The van der Waals surface area contributed by atoms with Crippen LogP contribution in [0.5, 0.6) is 0 Å². The minimum absolute atomic E-state index is 0.141. The number of nitriles is 1. The van der Waals surface area contributed by atoms with E-state index in [1.165, 1.54) is 0 Å². The minimum atomic E-state index is -4.54. The standard InChI is InChI=1S/C21H19F3N6/c1-13-8-15(14-4-5-18(27-11-14)30-20(2,3)12-25)10-16(9-13)28-19-26-7-6-17(29-19)21(22,23)24/h4-11H,1-3H3,(H,27,30)(H,26,28,29). The van der Waals surface area contributed by atoms with Crippen molar-refractivity contribution >= 4 is 17.5 Å². The Labute approximate surface area is 171 Å². The molecule has 6 nitrogen and oxygen atoms in total. The molecule has 0 amide bonds. The van der Waals surface area contributed by atoms with Crippen molar-refractivity contribution in [2.24, 2.45) is 0 Å². The molecule has 0 radical (unpaired) electrons. The zero-order valence-electron chi connectivity index (χ0n) is 16.5. The van der Waals surface area contributed by atoms with Gasteiger partial charge in [-0.25, -0.2) is 15.0 Å². The van der Waals surface area contributed by atoms with Crippen LogP contribution in [0.1, 0.15) is 25.1 Å². The van der Waals surface area contributed by atoms with Crippen molar-refractivity contribution in [3.63, 3.8) is 0 Å². The van der Waals surface area contributed by atoms with Gasteiger partial charge >= 0.3 is 6.18 Å². The molecule has 0 atom stereocenters. The number of hydrogen-bond donors (Lipinski definition) is 2. The molecule has 2 N–H and O–H groups in total. The summed E-state index contributed by atoms with van der Waals surface area (Å²) in [5.41, 5.74) is 1.32. The Morgan fingerprint density at radius 3 is 2.40 bits per heavy atom. The number of nitrogens with one attached hydrogen (secondary N) is 2. The minimum Gasteiger partial charge on any atom is -0.353 e. The van der Waals surface area contributed by atoms with Crippen LogP contribution in [0.15, 0.2) is 48.8 Å². The number of pyridine rings is 1. The second-order valence-electron chi connectivity index (χ2n) is 7.27. The molecular weight excluding hydrogens is 393 g/mol. The van der Waals surface area contributed by atoms with Gasteiger partial charge in [0.2, 0.25) is 5.95 Å². The fraction of sp³-hybridized carbons (Fsp3) is 0.238. The highest BCUT2D eigenvalue weighted by molar-refractivity contribution is 5.71. The van der Waals surface area contributed by atoms with Gasteiger partial charge in [0.25, 0.3) is 0 Å². The van der Waals surface area contributed by atoms with Crippen LogP contribution in [0, 0.1) is 18.3 Å². The lowest BCUT2D eigenvalue weighted by molar-refractivity contribution is -0.141. The van der Waals surface area contributed by atoms with Gasteiger partial charge < -0.3 is 10.6 Å². The first kappa shape index (κ1) is 21.0.